The van der Waals surface area contributed by atoms with Crippen LogP contribution in [0.5, 0.6) is 11.5 Å². The highest BCUT2D eigenvalue weighted by Crippen LogP contribution is 2.33. The molecule has 2 aromatic rings. The molecule has 25 heavy (non-hydrogen) atoms. The molecule has 1 heterocycles. The normalized spacial score (nSPS) is 14.4. The molecule has 132 valence electrons. The number of nitrogens with zero attached hydrogens (tertiary/aromatic N) is 2. The lowest BCUT2D eigenvalue weighted by atomic mass is 10.1. The summed E-state index contributed by atoms with van der Waals surface area (Å²) in [6, 6.07) is 11.5. The van der Waals surface area contributed by atoms with Crippen molar-refractivity contribution < 1.29 is 18.7 Å². The molecule has 0 N–H and O–H groups in total. The van der Waals surface area contributed by atoms with Crippen LogP contribution in [0.3, 0.4) is 0 Å². The van der Waals surface area contributed by atoms with Crippen molar-refractivity contribution in [1.29, 1.82) is 0 Å². The van der Waals surface area contributed by atoms with Gasteiger partial charge in [-0.15, -0.1) is 0 Å². The molecule has 3 rings (SSSR count). The van der Waals surface area contributed by atoms with Crippen molar-refractivity contribution in [3.63, 3.8) is 0 Å². The van der Waals surface area contributed by atoms with Crippen LogP contribution >= 0.6 is 0 Å². The molecule has 0 unspecified atom stereocenters. The second-order valence-corrected chi connectivity index (χ2v) is 5.83. The van der Waals surface area contributed by atoms with E-state index in [4.69, 9.17) is 9.47 Å². The summed E-state index contributed by atoms with van der Waals surface area (Å²) < 4.78 is 24.1. The second kappa shape index (κ2) is 7.42. The molecule has 1 saturated heterocycles. The second-order valence-electron chi connectivity index (χ2n) is 5.83. The van der Waals surface area contributed by atoms with Gasteiger partial charge < -0.3 is 19.3 Å². The van der Waals surface area contributed by atoms with Crippen LogP contribution in [-0.4, -0.2) is 51.2 Å². The molecule has 1 aliphatic rings. The molecular formula is C19H21FN2O3. The Bertz CT molecular complexity index is 758. The Balaban J connectivity index is 1.71. The van der Waals surface area contributed by atoms with Crippen molar-refractivity contribution >= 4 is 11.6 Å². The summed E-state index contributed by atoms with van der Waals surface area (Å²) in [7, 11) is 3.26. The molecule has 5 nitrogen and oxygen atoms in total. The van der Waals surface area contributed by atoms with E-state index in [-0.39, 0.29) is 5.91 Å². The van der Waals surface area contributed by atoms with Crippen LogP contribution in [-0.2, 0) is 0 Å². The number of methoxy groups -OCH3 is 2. The standard InChI is InChI=1S/C19H21FN2O3/c1-24-16-6-7-18(25-2)17(13-16)21-8-10-22(11-9-21)19(23)14-4-3-5-15(20)12-14/h3-7,12-13H,8-11H2,1-2H3. The van der Waals surface area contributed by atoms with Gasteiger partial charge in [0, 0.05) is 37.8 Å². The number of anilines is 1. The number of carbonyl (C=O) groups excluding carboxylic acids is 1. The van der Waals surface area contributed by atoms with E-state index < -0.39 is 5.82 Å². The molecule has 2 aromatic carbocycles. The zero-order chi connectivity index (χ0) is 17.8. The van der Waals surface area contributed by atoms with E-state index in [9.17, 15) is 9.18 Å². The Morgan fingerprint density at radius 1 is 1.00 bits per heavy atom. The zero-order valence-electron chi connectivity index (χ0n) is 14.4. The van der Waals surface area contributed by atoms with Gasteiger partial charge in [-0.05, 0) is 30.3 Å². The van der Waals surface area contributed by atoms with Crippen LogP contribution in [0.1, 0.15) is 10.4 Å². The molecule has 0 aliphatic carbocycles. The monoisotopic (exact) mass is 344 g/mol. The quantitative estimate of drug-likeness (QED) is 0.855. The third-order valence-corrected chi connectivity index (χ3v) is 4.37. The van der Waals surface area contributed by atoms with E-state index in [1.165, 1.54) is 12.1 Å². The largest absolute Gasteiger partial charge is 0.497 e. The summed E-state index contributed by atoms with van der Waals surface area (Å²) in [6.45, 7) is 2.47. The first-order valence-corrected chi connectivity index (χ1v) is 8.14. The van der Waals surface area contributed by atoms with Crippen molar-refractivity contribution in [2.45, 2.75) is 0 Å². The van der Waals surface area contributed by atoms with Gasteiger partial charge in [-0.2, -0.15) is 0 Å². The SMILES string of the molecule is COc1ccc(OC)c(N2CCN(C(=O)c3cccc(F)c3)CC2)c1. The van der Waals surface area contributed by atoms with Gasteiger partial charge >= 0.3 is 0 Å². The minimum Gasteiger partial charge on any atom is -0.497 e. The Morgan fingerprint density at radius 2 is 1.76 bits per heavy atom. The van der Waals surface area contributed by atoms with Crippen molar-refractivity contribution in [2.24, 2.45) is 0 Å². The van der Waals surface area contributed by atoms with Gasteiger partial charge in [-0.3, -0.25) is 4.79 Å². The number of carbonyl (C=O) groups is 1. The smallest absolute Gasteiger partial charge is 0.254 e. The van der Waals surface area contributed by atoms with Crippen LogP contribution in [0.4, 0.5) is 10.1 Å². The summed E-state index contributed by atoms with van der Waals surface area (Å²) in [5, 5.41) is 0. The first-order chi connectivity index (χ1) is 12.1. The van der Waals surface area contributed by atoms with E-state index in [1.54, 1.807) is 31.3 Å². The maximum absolute atomic E-state index is 13.3. The van der Waals surface area contributed by atoms with Gasteiger partial charge in [-0.1, -0.05) is 6.07 Å². The van der Waals surface area contributed by atoms with E-state index in [1.807, 2.05) is 18.2 Å². The molecule has 0 spiro atoms. The van der Waals surface area contributed by atoms with Gasteiger partial charge in [0.15, 0.2) is 0 Å². The molecule has 1 fully saturated rings. The third-order valence-electron chi connectivity index (χ3n) is 4.37. The molecule has 0 radical (unpaired) electrons. The number of ether oxygens (including phenoxy) is 2. The van der Waals surface area contributed by atoms with Gasteiger partial charge in [0.1, 0.15) is 17.3 Å². The number of halogens is 1. The molecule has 1 amide bonds. The fraction of sp³-hybridized carbons (Fsp3) is 0.316. The van der Waals surface area contributed by atoms with Gasteiger partial charge in [0.05, 0.1) is 19.9 Å². The Labute approximate surface area is 146 Å². The average molecular weight is 344 g/mol. The number of piperazine rings is 1. The van der Waals surface area contributed by atoms with Crippen LogP contribution in [0.25, 0.3) is 0 Å². The average Bonchev–Trinajstić information content (AvgIpc) is 2.67. The third kappa shape index (κ3) is 3.68. The summed E-state index contributed by atoms with van der Waals surface area (Å²) in [6.07, 6.45) is 0. The summed E-state index contributed by atoms with van der Waals surface area (Å²) in [5.41, 5.74) is 1.33. The molecule has 0 aromatic heterocycles. The number of amides is 1. The Hall–Kier alpha value is -2.76. The van der Waals surface area contributed by atoms with E-state index in [0.29, 0.717) is 31.7 Å². The van der Waals surface area contributed by atoms with Crippen molar-refractivity contribution in [3.05, 3.63) is 53.8 Å². The molecular weight excluding hydrogens is 323 g/mol. The van der Waals surface area contributed by atoms with Gasteiger partial charge in [0.2, 0.25) is 0 Å². The van der Waals surface area contributed by atoms with Crippen LogP contribution in [0.2, 0.25) is 0 Å². The van der Waals surface area contributed by atoms with Crippen molar-refractivity contribution in [3.8, 4) is 11.5 Å². The topological polar surface area (TPSA) is 42.0 Å². The fourth-order valence-electron chi connectivity index (χ4n) is 3.00. The first kappa shape index (κ1) is 17.1. The summed E-state index contributed by atoms with van der Waals surface area (Å²) in [5.74, 6) is 0.988. The molecule has 0 bridgehead atoms. The maximum Gasteiger partial charge on any atom is 0.254 e. The highest BCUT2D eigenvalue weighted by molar-refractivity contribution is 5.94. The fourth-order valence-corrected chi connectivity index (χ4v) is 3.00. The molecule has 0 saturated carbocycles. The minimum atomic E-state index is -0.398. The van der Waals surface area contributed by atoms with E-state index in [0.717, 1.165) is 17.2 Å². The lowest BCUT2D eigenvalue weighted by Gasteiger charge is -2.36. The Kier molecular flexibility index (Phi) is 5.07. The van der Waals surface area contributed by atoms with Crippen molar-refractivity contribution in [1.82, 2.24) is 4.90 Å². The zero-order valence-corrected chi connectivity index (χ0v) is 14.4. The maximum atomic E-state index is 13.3. The molecule has 0 atom stereocenters. The predicted octanol–water partition coefficient (Wildman–Crippen LogP) is 2.81. The molecule has 1 aliphatic heterocycles. The van der Waals surface area contributed by atoms with Crippen LogP contribution in [0, 0.1) is 5.82 Å². The predicted molar refractivity (Wildman–Crippen MR) is 94.1 cm³/mol. The lowest BCUT2D eigenvalue weighted by molar-refractivity contribution is 0.0746. The van der Waals surface area contributed by atoms with Crippen molar-refractivity contribution in [2.75, 3.05) is 45.3 Å². The molecule has 6 heteroatoms. The Morgan fingerprint density at radius 3 is 2.40 bits per heavy atom. The number of hydrogen-bond acceptors (Lipinski definition) is 4. The number of benzene rings is 2. The highest BCUT2D eigenvalue weighted by Gasteiger charge is 2.24. The van der Waals surface area contributed by atoms with Gasteiger partial charge in [-0.25, -0.2) is 4.39 Å². The van der Waals surface area contributed by atoms with Crippen LogP contribution in [0.15, 0.2) is 42.5 Å². The van der Waals surface area contributed by atoms with Gasteiger partial charge in [0.25, 0.3) is 5.91 Å². The van der Waals surface area contributed by atoms with E-state index in [2.05, 4.69) is 4.90 Å². The minimum absolute atomic E-state index is 0.142. The summed E-state index contributed by atoms with van der Waals surface area (Å²) >= 11 is 0. The van der Waals surface area contributed by atoms with Crippen LogP contribution < -0.4 is 14.4 Å². The number of rotatable bonds is 4. The lowest BCUT2D eigenvalue weighted by Crippen LogP contribution is -2.48. The summed E-state index contributed by atoms with van der Waals surface area (Å²) in [4.78, 5) is 16.4. The first-order valence-electron chi connectivity index (χ1n) is 8.14. The highest BCUT2D eigenvalue weighted by atomic mass is 19.1. The van der Waals surface area contributed by atoms with E-state index >= 15 is 0 Å². The number of hydrogen-bond donors (Lipinski definition) is 0.